The van der Waals surface area contributed by atoms with Crippen molar-refractivity contribution < 1.29 is 4.79 Å². The van der Waals surface area contributed by atoms with Gasteiger partial charge in [0, 0.05) is 5.56 Å². The lowest BCUT2D eigenvalue weighted by Crippen LogP contribution is -2.02. The van der Waals surface area contributed by atoms with Gasteiger partial charge in [0.05, 0.1) is 0 Å². The van der Waals surface area contributed by atoms with Crippen molar-refractivity contribution in [3.05, 3.63) is 47.0 Å². The molecule has 0 spiro atoms. The van der Waals surface area contributed by atoms with Gasteiger partial charge in [-0.05, 0) is 31.9 Å². The maximum absolute atomic E-state index is 11.7. The summed E-state index contributed by atoms with van der Waals surface area (Å²) in [6, 6.07) is 7.65. The first-order chi connectivity index (χ1) is 6.16. The molecule has 1 rings (SSSR count). The summed E-state index contributed by atoms with van der Waals surface area (Å²) >= 11 is 0. The minimum atomic E-state index is 0.126. The zero-order valence-corrected chi connectivity index (χ0v) is 8.29. The molecule has 1 nitrogen and oxygen atoms in total. The highest BCUT2D eigenvalue weighted by Crippen LogP contribution is 2.12. The molecule has 0 heterocycles. The molecule has 0 saturated carbocycles. The Balaban J connectivity index is 3.10. The first-order valence-electron chi connectivity index (χ1n) is 4.40. The van der Waals surface area contributed by atoms with Crippen LogP contribution < -0.4 is 0 Å². The van der Waals surface area contributed by atoms with Crippen molar-refractivity contribution in [2.75, 3.05) is 0 Å². The molecule has 0 fully saturated rings. The van der Waals surface area contributed by atoms with Gasteiger partial charge in [-0.3, -0.25) is 4.79 Å². The Kier molecular flexibility index (Phi) is 3.02. The van der Waals surface area contributed by atoms with Crippen LogP contribution in [-0.4, -0.2) is 5.78 Å². The number of hydrogen-bond acceptors (Lipinski definition) is 1. The van der Waals surface area contributed by atoms with E-state index in [1.165, 1.54) is 0 Å². The van der Waals surface area contributed by atoms with Crippen molar-refractivity contribution in [3.63, 3.8) is 0 Å². The molecule has 0 bridgehead atoms. The Morgan fingerprint density at radius 2 is 1.92 bits per heavy atom. The number of hydrogen-bond donors (Lipinski definition) is 0. The molecule has 0 saturated heterocycles. The number of carbonyl (C=O) groups excluding carboxylic acids is 1. The van der Waals surface area contributed by atoms with Crippen molar-refractivity contribution in [3.8, 4) is 0 Å². The predicted molar refractivity (Wildman–Crippen MR) is 54.9 cm³/mol. The smallest absolute Gasteiger partial charge is 0.188 e. The first-order valence-corrected chi connectivity index (χ1v) is 4.40. The van der Waals surface area contributed by atoms with E-state index in [0.717, 1.165) is 16.7 Å². The second-order valence-electron chi connectivity index (χ2n) is 3.12. The average molecular weight is 174 g/mol. The molecular formula is C12H14O. The number of aryl methyl sites for hydroxylation is 1. The van der Waals surface area contributed by atoms with E-state index in [-0.39, 0.29) is 5.78 Å². The summed E-state index contributed by atoms with van der Waals surface area (Å²) in [5.41, 5.74) is 2.64. The molecule has 1 aromatic carbocycles. The highest BCUT2D eigenvalue weighted by atomic mass is 16.1. The topological polar surface area (TPSA) is 17.1 Å². The fourth-order valence-electron chi connectivity index (χ4n) is 1.17. The number of allylic oxidation sites excluding steroid dienone is 2. The summed E-state index contributed by atoms with van der Waals surface area (Å²) in [4.78, 5) is 11.7. The Bertz CT molecular complexity index is 348. The normalized spacial score (nSPS) is 11.5. The third-order valence-corrected chi connectivity index (χ3v) is 2.18. The molecule has 1 aromatic rings. The van der Waals surface area contributed by atoms with Gasteiger partial charge < -0.3 is 0 Å². The van der Waals surface area contributed by atoms with Crippen molar-refractivity contribution in [2.24, 2.45) is 0 Å². The van der Waals surface area contributed by atoms with Crippen LogP contribution in [0, 0.1) is 6.92 Å². The molecule has 0 aromatic heterocycles. The molecule has 0 aliphatic rings. The van der Waals surface area contributed by atoms with Crippen LogP contribution in [0.25, 0.3) is 0 Å². The van der Waals surface area contributed by atoms with E-state index in [1.54, 1.807) is 0 Å². The van der Waals surface area contributed by atoms with Gasteiger partial charge in [-0.25, -0.2) is 0 Å². The third-order valence-electron chi connectivity index (χ3n) is 2.18. The predicted octanol–water partition coefficient (Wildman–Crippen LogP) is 3.14. The van der Waals surface area contributed by atoms with Crippen LogP contribution in [-0.2, 0) is 0 Å². The van der Waals surface area contributed by atoms with Crippen LogP contribution in [0.2, 0.25) is 0 Å². The molecule has 0 amide bonds. The number of rotatable bonds is 2. The molecule has 0 aliphatic carbocycles. The van der Waals surface area contributed by atoms with Crippen LogP contribution >= 0.6 is 0 Å². The lowest BCUT2D eigenvalue weighted by Gasteiger charge is -2.03. The zero-order valence-electron chi connectivity index (χ0n) is 8.29. The van der Waals surface area contributed by atoms with Gasteiger partial charge >= 0.3 is 0 Å². The maximum Gasteiger partial charge on any atom is 0.188 e. The average Bonchev–Trinajstić information content (AvgIpc) is 2.16. The summed E-state index contributed by atoms with van der Waals surface area (Å²) in [6.45, 7) is 5.68. The molecule has 0 atom stereocenters. The maximum atomic E-state index is 11.7. The van der Waals surface area contributed by atoms with Crippen LogP contribution in [0.15, 0.2) is 35.9 Å². The molecule has 1 heteroatoms. The van der Waals surface area contributed by atoms with Crippen LogP contribution in [0.4, 0.5) is 0 Å². The van der Waals surface area contributed by atoms with Crippen LogP contribution in [0.1, 0.15) is 29.8 Å². The Morgan fingerprint density at radius 1 is 1.31 bits per heavy atom. The van der Waals surface area contributed by atoms with E-state index in [4.69, 9.17) is 0 Å². The fraction of sp³-hybridized carbons (Fsp3) is 0.250. The third kappa shape index (κ3) is 2.05. The van der Waals surface area contributed by atoms with Gasteiger partial charge in [0.2, 0.25) is 0 Å². The molecule has 0 N–H and O–H groups in total. The summed E-state index contributed by atoms with van der Waals surface area (Å²) in [6.07, 6.45) is 1.84. The highest BCUT2D eigenvalue weighted by Gasteiger charge is 2.08. The highest BCUT2D eigenvalue weighted by molar-refractivity contribution is 6.09. The number of benzene rings is 1. The first kappa shape index (κ1) is 9.72. The Hall–Kier alpha value is -1.37. The van der Waals surface area contributed by atoms with Crippen molar-refractivity contribution in [1.29, 1.82) is 0 Å². The summed E-state index contributed by atoms with van der Waals surface area (Å²) in [5.74, 6) is 0.126. The molecule has 68 valence electrons. The number of Topliss-reactive ketones (excluding diaryl/α,β-unsaturated/α-hetero) is 1. The second kappa shape index (κ2) is 4.04. The summed E-state index contributed by atoms with van der Waals surface area (Å²) in [5, 5.41) is 0. The van der Waals surface area contributed by atoms with Gasteiger partial charge in [-0.1, -0.05) is 30.3 Å². The largest absolute Gasteiger partial charge is 0.289 e. The van der Waals surface area contributed by atoms with Gasteiger partial charge in [-0.15, -0.1) is 0 Å². The van der Waals surface area contributed by atoms with E-state index in [0.29, 0.717) is 0 Å². The van der Waals surface area contributed by atoms with Gasteiger partial charge in [0.25, 0.3) is 0 Å². The van der Waals surface area contributed by atoms with Crippen molar-refractivity contribution >= 4 is 5.78 Å². The van der Waals surface area contributed by atoms with E-state index in [2.05, 4.69) is 0 Å². The van der Waals surface area contributed by atoms with Crippen molar-refractivity contribution in [2.45, 2.75) is 20.8 Å². The lowest BCUT2D eigenvalue weighted by molar-refractivity contribution is 0.103. The Labute approximate surface area is 79.1 Å². The van der Waals surface area contributed by atoms with E-state index in [9.17, 15) is 4.79 Å². The zero-order chi connectivity index (χ0) is 9.84. The molecular weight excluding hydrogens is 160 g/mol. The van der Waals surface area contributed by atoms with E-state index >= 15 is 0 Å². The van der Waals surface area contributed by atoms with Crippen LogP contribution in [0.5, 0.6) is 0 Å². The fourth-order valence-corrected chi connectivity index (χ4v) is 1.17. The second-order valence-corrected chi connectivity index (χ2v) is 3.12. The van der Waals surface area contributed by atoms with E-state index in [1.807, 2.05) is 51.1 Å². The number of carbonyl (C=O) groups is 1. The van der Waals surface area contributed by atoms with Gasteiger partial charge in [-0.2, -0.15) is 0 Å². The quantitative estimate of drug-likeness (QED) is 0.497. The van der Waals surface area contributed by atoms with Gasteiger partial charge in [0.1, 0.15) is 0 Å². The standard InChI is InChI=1S/C12H14O/c1-4-9(2)12(13)11-8-6-5-7-10(11)3/h4-8H,1-3H3/b9-4+. The van der Waals surface area contributed by atoms with Crippen molar-refractivity contribution in [1.82, 2.24) is 0 Å². The molecule has 0 aliphatic heterocycles. The van der Waals surface area contributed by atoms with Crippen LogP contribution in [0.3, 0.4) is 0 Å². The monoisotopic (exact) mass is 174 g/mol. The molecule has 13 heavy (non-hydrogen) atoms. The van der Waals surface area contributed by atoms with Gasteiger partial charge in [0.15, 0.2) is 5.78 Å². The minimum absolute atomic E-state index is 0.126. The SMILES string of the molecule is C/C=C(\C)C(=O)c1ccccc1C. The number of ketones is 1. The Morgan fingerprint density at radius 3 is 2.46 bits per heavy atom. The summed E-state index contributed by atoms with van der Waals surface area (Å²) in [7, 11) is 0. The van der Waals surface area contributed by atoms with E-state index < -0.39 is 0 Å². The lowest BCUT2D eigenvalue weighted by atomic mass is 10.0. The minimum Gasteiger partial charge on any atom is -0.289 e. The molecule has 0 unspecified atom stereocenters. The summed E-state index contributed by atoms with van der Waals surface area (Å²) < 4.78 is 0. The molecule has 0 radical (unpaired) electrons.